The van der Waals surface area contributed by atoms with E-state index in [0.717, 1.165) is 84.8 Å². The van der Waals surface area contributed by atoms with Gasteiger partial charge in [0, 0.05) is 68.4 Å². The van der Waals surface area contributed by atoms with Crippen molar-refractivity contribution in [2.45, 2.75) is 81.5 Å². The first-order valence-corrected chi connectivity index (χ1v) is 19.7. The first-order valence-electron chi connectivity index (χ1n) is 19.4. The van der Waals surface area contributed by atoms with Gasteiger partial charge in [0.1, 0.15) is 36.1 Å². The predicted molar refractivity (Wildman–Crippen MR) is 206 cm³/mol. The Morgan fingerprint density at radius 3 is 2.72 bits per heavy atom. The van der Waals surface area contributed by atoms with E-state index in [2.05, 4.69) is 31.7 Å². The van der Waals surface area contributed by atoms with Crippen LogP contribution in [0.25, 0.3) is 10.8 Å². The van der Waals surface area contributed by atoms with Crippen molar-refractivity contribution in [2.75, 3.05) is 61.6 Å². The van der Waals surface area contributed by atoms with Crippen LogP contribution in [0.1, 0.15) is 48.9 Å². The van der Waals surface area contributed by atoms with Crippen LogP contribution in [0, 0.1) is 5.82 Å². The molecule has 1 unspecified atom stereocenters. The lowest BCUT2D eigenvalue weighted by atomic mass is 9.91. The predicted octanol–water partition coefficient (Wildman–Crippen LogP) is 6.75. The number of likely N-dealkylation sites (N-methyl/N-ethyl adjacent to an activating group) is 1. The molecule has 0 aliphatic carbocycles. The molecule has 282 valence electrons. The fourth-order valence-corrected chi connectivity index (χ4v) is 11.0. The van der Waals surface area contributed by atoms with Gasteiger partial charge in [-0.3, -0.25) is 14.6 Å². The van der Waals surface area contributed by atoms with Crippen LogP contribution < -0.4 is 24.2 Å². The molecule has 0 N–H and O–H groups in total. The molecule has 7 heterocycles. The Balaban J connectivity index is 1.05. The van der Waals surface area contributed by atoms with Gasteiger partial charge in [-0.2, -0.15) is 0 Å². The van der Waals surface area contributed by atoms with Gasteiger partial charge in [-0.05, 0) is 73.9 Å². The first-order chi connectivity index (χ1) is 26.2. The third-order valence-corrected chi connectivity index (χ3v) is 13.7. The second-order valence-electron chi connectivity index (χ2n) is 16.1. The zero-order valence-electron chi connectivity index (χ0n) is 30.7. The van der Waals surface area contributed by atoms with E-state index in [1.807, 2.05) is 37.4 Å². The quantitative estimate of drug-likeness (QED) is 0.206. The summed E-state index contributed by atoms with van der Waals surface area (Å²) in [7, 11) is 3.54. The Hall–Kier alpha value is -4.19. The number of rotatable bonds is 7. The van der Waals surface area contributed by atoms with E-state index in [1.54, 1.807) is 18.1 Å². The maximum absolute atomic E-state index is 14.8. The van der Waals surface area contributed by atoms with Crippen LogP contribution in [-0.4, -0.2) is 97.5 Å². The molecule has 1 aromatic heterocycles. The van der Waals surface area contributed by atoms with Crippen molar-refractivity contribution >= 4 is 45.3 Å². The maximum atomic E-state index is 14.8. The highest BCUT2D eigenvalue weighted by Gasteiger charge is 2.55. The highest BCUT2D eigenvalue weighted by molar-refractivity contribution is 6.36. The zero-order chi connectivity index (χ0) is 36.9. The number of nitrogens with zero attached hydrogens (tertiary/aromatic N) is 6. The van der Waals surface area contributed by atoms with E-state index in [1.165, 1.54) is 11.6 Å². The number of fused-ring (bicyclic) bond motifs is 10. The normalized spacial score (nSPS) is 27.6. The number of ether oxygens (including phenoxy) is 2. The summed E-state index contributed by atoms with van der Waals surface area (Å²) in [4.78, 5) is 31.1. The number of carbonyl (C=O) groups is 1. The summed E-state index contributed by atoms with van der Waals surface area (Å²) in [6, 6.07) is 17.3. The van der Waals surface area contributed by atoms with Crippen molar-refractivity contribution in [3.05, 3.63) is 82.3 Å². The molecule has 0 saturated carbocycles. The largest absolute Gasteiger partial charge is 0.497 e. The number of pyridine rings is 1. The fraction of sp³-hybridized carbons (Fsp3) is 0.476. The molecular formula is C42H45ClF2N6O3. The molecule has 5 atom stereocenters. The van der Waals surface area contributed by atoms with Gasteiger partial charge in [-0.1, -0.05) is 41.9 Å². The van der Waals surface area contributed by atoms with Crippen LogP contribution in [0.3, 0.4) is 0 Å². The molecule has 1 amide bonds. The van der Waals surface area contributed by atoms with Crippen molar-refractivity contribution < 1.29 is 23.0 Å². The van der Waals surface area contributed by atoms with E-state index in [4.69, 9.17) is 26.1 Å². The van der Waals surface area contributed by atoms with E-state index in [0.29, 0.717) is 50.3 Å². The molecule has 9 nitrogen and oxygen atoms in total. The lowest BCUT2D eigenvalue weighted by molar-refractivity contribution is -0.122. The van der Waals surface area contributed by atoms with Crippen LogP contribution in [0.15, 0.2) is 54.6 Å². The SMILES string of the molecule is COc1ccc(CN2[C@@H]3CC[C@H]2C2C(=O)N(C)c4c(OC[C@@]56CCCN5C[C@H](F)C6)nc5c(c4N2C3)CCN(c2cccc3ccc(F)c(Cl)c23)C5)cc1. The van der Waals surface area contributed by atoms with Gasteiger partial charge in [0.2, 0.25) is 5.88 Å². The molecular weight excluding hydrogens is 710 g/mol. The Bertz CT molecular complexity index is 2160. The molecule has 2 bridgehead atoms. The van der Waals surface area contributed by atoms with Crippen molar-refractivity contribution in [3.63, 3.8) is 0 Å². The second kappa shape index (κ2) is 13.0. The molecule has 54 heavy (non-hydrogen) atoms. The van der Waals surface area contributed by atoms with E-state index in [9.17, 15) is 13.6 Å². The third kappa shape index (κ3) is 5.28. The number of alkyl halides is 1. The summed E-state index contributed by atoms with van der Waals surface area (Å²) in [5, 5.41) is 1.68. The van der Waals surface area contributed by atoms with Gasteiger partial charge in [-0.15, -0.1) is 0 Å². The van der Waals surface area contributed by atoms with Crippen LogP contribution in [-0.2, 0) is 24.3 Å². The first kappa shape index (κ1) is 34.3. The number of hydrogen-bond acceptors (Lipinski definition) is 8. The highest BCUT2D eigenvalue weighted by atomic mass is 35.5. The zero-order valence-corrected chi connectivity index (χ0v) is 31.5. The minimum absolute atomic E-state index is 0.0504. The van der Waals surface area contributed by atoms with Gasteiger partial charge in [0.15, 0.2) is 0 Å². The highest BCUT2D eigenvalue weighted by Crippen LogP contribution is 2.52. The summed E-state index contributed by atoms with van der Waals surface area (Å²) in [6.07, 6.45) is 4.12. The Morgan fingerprint density at radius 1 is 1.04 bits per heavy atom. The minimum atomic E-state index is -0.875. The molecule has 6 aliphatic rings. The molecule has 4 fully saturated rings. The van der Waals surface area contributed by atoms with Crippen molar-refractivity contribution in [1.82, 2.24) is 14.8 Å². The Kier molecular flexibility index (Phi) is 8.23. The number of methoxy groups -OCH3 is 1. The topological polar surface area (TPSA) is 64.6 Å². The van der Waals surface area contributed by atoms with Crippen molar-refractivity contribution in [2.24, 2.45) is 0 Å². The third-order valence-electron chi connectivity index (χ3n) is 13.3. The molecule has 0 spiro atoms. The van der Waals surface area contributed by atoms with Crippen LogP contribution in [0.2, 0.25) is 5.02 Å². The Labute approximate surface area is 319 Å². The molecule has 3 aromatic carbocycles. The van der Waals surface area contributed by atoms with Gasteiger partial charge in [-0.25, -0.2) is 13.8 Å². The summed E-state index contributed by atoms with van der Waals surface area (Å²) >= 11 is 6.62. The standard InChI is InChI=1S/C42H45ClF2N6O3/c1-47-39-37(51-22-28-10-14-34(38(51)41(47)52)50(28)20-25-7-11-29(53-2)12-8-25)30-15-18-48(33-6-3-5-26-9-13-31(45)36(43)35(26)33)23-32(30)46-40(39)54-24-42-16-4-17-49(42)21-27(44)19-42/h3,5-9,11-13,27-28,34,38H,4,10,14-24H2,1-2H3/t27-,28-,34+,38?,42+/m1/s1. The monoisotopic (exact) mass is 754 g/mol. The number of piperazine rings is 1. The fourth-order valence-electron chi connectivity index (χ4n) is 10.7. The van der Waals surface area contributed by atoms with Crippen LogP contribution in [0.4, 0.5) is 25.8 Å². The summed E-state index contributed by atoms with van der Waals surface area (Å²) in [5.41, 5.74) is 5.46. The van der Waals surface area contributed by atoms with Crippen LogP contribution >= 0.6 is 11.6 Å². The van der Waals surface area contributed by atoms with Gasteiger partial charge in [0.25, 0.3) is 5.91 Å². The lowest BCUT2D eigenvalue weighted by Gasteiger charge is -2.52. The second-order valence-corrected chi connectivity index (χ2v) is 16.5. The van der Waals surface area contributed by atoms with E-state index in [-0.39, 0.29) is 34.6 Å². The maximum Gasteiger partial charge on any atom is 0.251 e. The summed E-state index contributed by atoms with van der Waals surface area (Å²) in [5.74, 6) is 0.864. The number of hydrogen-bond donors (Lipinski definition) is 0. The minimum Gasteiger partial charge on any atom is -0.497 e. The van der Waals surface area contributed by atoms with Gasteiger partial charge in [0.05, 0.1) is 35.6 Å². The van der Waals surface area contributed by atoms with E-state index >= 15 is 0 Å². The number of aromatic nitrogens is 1. The number of halogens is 3. The Morgan fingerprint density at radius 2 is 1.89 bits per heavy atom. The molecule has 4 saturated heterocycles. The molecule has 12 heteroatoms. The average molecular weight is 755 g/mol. The van der Waals surface area contributed by atoms with Crippen LogP contribution in [0.5, 0.6) is 11.6 Å². The van der Waals surface area contributed by atoms with Crippen molar-refractivity contribution in [1.29, 1.82) is 0 Å². The lowest BCUT2D eigenvalue weighted by Crippen LogP contribution is -2.67. The summed E-state index contributed by atoms with van der Waals surface area (Å²) < 4.78 is 41.9. The number of carbonyl (C=O) groups excluding carboxylic acids is 1. The summed E-state index contributed by atoms with van der Waals surface area (Å²) in [6.45, 7) is 4.27. The smallest absolute Gasteiger partial charge is 0.251 e. The van der Waals surface area contributed by atoms with Gasteiger partial charge < -0.3 is 24.2 Å². The number of amides is 1. The molecule has 10 rings (SSSR count). The molecule has 6 aliphatic heterocycles. The van der Waals surface area contributed by atoms with Crippen molar-refractivity contribution in [3.8, 4) is 11.6 Å². The number of benzene rings is 3. The molecule has 4 aromatic rings. The molecule has 0 radical (unpaired) electrons. The average Bonchev–Trinajstić information content (AvgIpc) is 3.80. The number of anilines is 3. The van der Waals surface area contributed by atoms with E-state index < -0.39 is 12.0 Å². The van der Waals surface area contributed by atoms with Gasteiger partial charge >= 0.3 is 0 Å².